The van der Waals surface area contributed by atoms with Crippen molar-refractivity contribution in [3.05, 3.63) is 65.0 Å². The van der Waals surface area contributed by atoms with Crippen LogP contribution in [0.15, 0.2) is 42.5 Å². The Hall–Kier alpha value is -2.73. The topological polar surface area (TPSA) is 98.2 Å². The Bertz CT molecular complexity index is 684. The second-order valence-electron chi connectivity index (χ2n) is 4.41. The molecule has 0 saturated carbocycles. The molecule has 0 saturated heterocycles. The lowest BCUT2D eigenvalue weighted by atomic mass is 10.1. The summed E-state index contributed by atoms with van der Waals surface area (Å²) in [5.41, 5.74) is 11.8. The van der Waals surface area contributed by atoms with Gasteiger partial charge in [-0.1, -0.05) is 12.1 Å². The molecule has 0 radical (unpaired) electrons. The number of nitrogens with one attached hydrogen (secondary N) is 1. The standard InChI is InChI=1S/C15H14FN3O2/c16-12-6-5-11(14(18)20)7-13(12)19-15(21)10-3-1-9(8-17)2-4-10/h1-7H,8,17H2,(H2,18,20)(H,19,21). The molecule has 2 rings (SSSR count). The fraction of sp³-hybridized carbons (Fsp3) is 0.0667. The monoisotopic (exact) mass is 287 g/mol. The van der Waals surface area contributed by atoms with Crippen LogP contribution in [0.5, 0.6) is 0 Å². The largest absolute Gasteiger partial charge is 0.366 e. The van der Waals surface area contributed by atoms with E-state index in [1.807, 2.05) is 0 Å². The first-order valence-corrected chi connectivity index (χ1v) is 6.21. The Morgan fingerprint density at radius 2 is 1.67 bits per heavy atom. The van der Waals surface area contributed by atoms with Crippen LogP contribution < -0.4 is 16.8 Å². The van der Waals surface area contributed by atoms with Crippen LogP contribution in [0.25, 0.3) is 0 Å². The summed E-state index contributed by atoms with van der Waals surface area (Å²) in [5.74, 6) is -1.83. The van der Waals surface area contributed by atoms with Gasteiger partial charge < -0.3 is 16.8 Å². The molecular weight excluding hydrogens is 273 g/mol. The Kier molecular flexibility index (Phi) is 4.30. The molecule has 2 aromatic carbocycles. The van der Waals surface area contributed by atoms with E-state index in [0.717, 1.165) is 11.6 Å². The number of anilines is 1. The predicted molar refractivity (Wildman–Crippen MR) is 77.2 cm³/mol. The van der Waals surface area contributed by atoms with Gasteiger partial charge in [-0.25, -0.2) is 4.39 Å². The molecule has 6 heteroatoms. The van der Waals surface area contributed by atoms with Crippen molar-refractivity contribution < 1.29 is 14.0 Å². The molecular formula is C15H14FN3O2. The first-order chi connectivity index (χ1) is 10.0. The van der Waals surface area contributed by atoms with Crippen molar-refractivity contribution in [3.63, 3.8) is 0 Å². The van der Waals surface area contributed by atoms with Gasteiger partial charge in [-0.05, 0) is 35.9 Å². The minimum absolute atomic E-state index is 0.0980. The molecule has 2 amide bonds. The number of benzene rings is 2. The molecule has 5 nitrogen and oxygen atoms in total. The van der Waals surface area contributed by atoms with Crippen LogP contribution in [0, 0.1) is 5.82 Å². The van der Waals surface area contributed by atoms with Gasteiger partial charge in [-0.15, -0.1) is 0 Å². The molecule has 0 aliphatic heterocycles. The van der Waals surface area contributed by atoms with E-state index in [1.54, 1.807) is 24.3 Å². The smallest absolute Gasteiger partial charge is 0.255 e. The highest BCUT2D eigenvalue weighted by Crippen LogP contribution is 2.17. The van der Waals surface area contributed by atoms with Crippen molar-refractivity contribution in [3.8, 4) is 0 Å². The van der Waals surface area contributed by atoms with Crippen molar-refractivity contribution >= 4 is 17.5 Å². The first-order valence-electron chi connectivity index (χ1n) is 6.21. The fourth-order valence-electron chi connectivity index (χ4n) is 1.76. The third kappa shape index (κ3) is 3.43. The summed E-state index contributed by atoms with van der Waals surface area (Å²) in [5, 5.41) is 2.41. The summed E-state index contributed by atoms with van der Waals surface area (Å²) in [4.78, 5) is 23.1. The summed E-state index contributed by atoms with van der Waals surface area (Å²) in [6.07, 6.45) is 0. The summed E-state index contributed by atoms with van der Waals surface area (Å²) >= 11 is 0. The Morgan fingerprint density at radius 3 is 2.24 bits per heavy atom. The van der Waals surface area contributed by atoms with E-state index >= 15 is 0 Å². The highest BCUT2D eigenvalue weighted by Gasteiger charge is 2.11. The van der Waals surface area contributed by atoms with Gasteiger partial charge in [0.15, 0.2) is 0 Å². The van der Waals surface area contributed by atoms with Crippen molar-refractivity contribution in [2.24, 2.45) is 11.5 Å². The van der Waals surface area contributed by atoms with Gasteiger partial charge in [0, 0.05) is 17.7 Å². The van der Waals surface area contributed by atoms with Crippen LogP contribution in [0.3, 0.4) is 0 Å². The maximum atomic E-state index is 13.6. The number of primary amides is 1. The number of carbonyl (C=O) groups excluding carboxylic acids is 2. The minimum atomic E-state index is -0.696. The lowest BCUT2D eigenvalue weighted by Gasteiger charge is -2.08. The maximum absolute atomic E-state index is 13.6. The maximum Gasteiger partial charge on any atom is 0.255 e. The molecule has 2 aromatic rings. The van der Waals surface area contributed by atoms with E-state index in [0.29, 0.717) is 12.1 Å². The predicted octanol–water partition coefficient (Wildman–Crippen LogP) is 1.64. The summed E-state index contributed by atoms with van der Waals surface area (Å²) in [6, 6.07) is 10.1. The highest BCUT2D eigenvalue weighted by atomic mass is 19.1. The van der Waals surface area contributed by atoms with Gasteiger partial charge >= 0.3 is 0 Å². The van der Waals surface area contributed by atoms with Crippen molar-refractivity contribution in [2.75, 3.05) is 5.32 Å². The zero-order valence-electron chi connectivity index (χ0n) is 11.1. The normalized spacial score (nSPS) is 10.2. The SMILES string of the molecule is NCc1ccc(C(=O)Nc2cc(C(N)=O)ccc2F)cc1. The number of hydrogen-bond acceptors (Lipinski definition) is 3. The lowest BCUT2D eigenvalue weighted by molar-refractivity contribution is 0.0996. The molecule has 0 spiro atoms. The van der Waals surface area contributed by atoms with Crippen LogP contribution in [-0.4, -0.2) is 11.8 Å². The number of hydrogen-bond donors (Lipinski definition) is 3. The number of rotatable bonds is 4. The van der Waals surface area contributed by atoms with Crippen LogP contribution >= 0.6 is 0 Å². The van der Waals surface area contributed by atoms with Gasteiger partial charge in [0.2, 0.25) is 5.91 Å². The van der Waals surface area contributed by atoms with Crippen molar-refractivity contribution in [1.29, 1.82) is 0 Å². The third-order valence-electron chi connectivity index (χ3n) is 2.95. The first kappa shape index (κ1) is 14.7. The summed E-state index contributed by atoms with van der Waals surface area (Å²) in [6.45, 7) is 0.372. The minimum Gasteiger partial charge on any atom is -0.366 e. The molecule has 0 fully saturated rings. The van der Waals surface area contributed by atoms with Crippen LogP contribution in [0.1, 0.15) is 26.3 Å². The van der Waals surface area contributed by atoms with Gasteiger partial charge in [0.25, 0.3) is 5.91 Å². The van der Waals surface area contributed by atoms with Crippen molar-refractivity contribution in [1.82, 2.24) is 0 Å². The van der Waals surface area contributed by atoms with Crippen molar-refractivity contribution in [2.45, 2.75) is 6.54 Å². The molecule has 21 heavy (non-hydrogen) atoms. The van der Waals surface area contributed by atoms with Crippen LogP contribution in [0.2, 0.25) is 0 Å². The van der Waals surface area contributed by atoms with E-state index < -0.39 is 17.6 Å². The number of halogens is 1. The van der Waals surface area contributed by atoms with E-state index in [-0.39, 0.29) is 11.3 Å². The molecule has 0 atom stereocenters. The molecule has 5 N–H and O–H groups in total. The summed E-state index contributed by atoms with van der Waals surface area (Å²) < 4.78 is 13.6. The Morgan fingerprint density at radius 1 is 1.05 bits per heavy atom. The van der Waals surface area contributed by atoms with Crippen LogP contribution in [0.4, 0.5) is 10.1 Å². The molecule has 0 aliphatic rings. The number of nitrogens with two attached hydrogens (primary N) is 2. The molecule has 0 unspecified atom stereocenters. The third-order valence-corrected chi connectivity index (χ3v) is 2.95. The zero-order chi connectivity index (χ0) is 15.4. The van der Waals surface area contributed by atoms with Gasteiger partial charge in [-0.3, -0.25) is 9.59 Å². The fourth-order valence-corrected chi connectivity index (χ4v) is 1.76. The average Bonchev–Trinajstić information content (AvgIpc) is 2.49. The van der Waals surface area contributed by atoms with E-state index in [1.165, 1.54) is 12.1 Å². The molecule has 108 valence electrons. The Balaban J connectivity index is 2.22. The second-order valence-corrected chi connectivity index (χ2v) is 4.41. The van der Waals surface area contributed by atoms with Gasteiger partial charge in [-0.2, -0.15) is 0 Å². The summed E-state index contributed by atoms with van der Waals surface area (Å²) in [7, 11) is 0. The van der Waals surface area contributed by atoms with Gasteiger partial charge in [0.1, 0.15) is 5.82 Å². The van der Waals surface area contributed by atoms with E-state index in [2.05, 4.69) is 5.32 Å². The molecule has 0 bridgehead atoms. The second kappa shape index (κ2) is 6.15. The average molecular weight is 287 g/mol. The Labute approximate surface area is 120 Å². The zero-order valence-corrected chi connectivity index (χ0v) is 11.1. The van der Waals surface area contributed by atoms with Crippen LogP contribution in [-0.2, 0) is 6.54 Å². The van der Waals surface area contributed by atoms with Gasteiger partial charge in [0.05, 0.1) is 5.69 Å². The highest BCUT2D eigenvalue weighted by molar-refractivity contribution is 6.05. The van der Waals surface area contributed by atoms with E-state index in [9.17, 15) is 14.0 Å². The number of amides is 2. The molecule has 0 heterocycles. The quantitative estimate of drug-likeness (QED) is 0.797. The molecule has 0 aromatic heterocycles. The lowest BCUT2D eigenvalue weighted by Crippen LogP contribution is -2.15. The number of carbonyl (C=O) groups is 2. The van der Waals surface area contributed by atoms with E-state index in [4.69, 9.17) is 11.5 Å². The molecule has 0 aliphatic carbocycles.